The molecule has 3 aliphatic rings. The minimum Gasteiger partial charge on any atom is -0.492 e. The minimum atomic E-state index is -1.03. The van der Waals surface area contributed by atoms with E-state index in [1.807, 2.05) is 18.2 Å². The molecule has 2 heterocycles. The molecule has 0 bridgehead atoms. The Morgan fingerprint density at radius 3 is 3.00 bits per heavy atom. The third kappa shape index (κ3) is 4.74. The standard InChI is InChI=1S/C25H27FN2O4S/c26-18-3-6-22(16(10-18)2-1-8-28-9-7-15(12-28)13-29)33-27-21-5-4-19-20-11-17(20)14-32-24(19)23(21)25(30)31/h1-6,10,15,17,20,27,29H,7-9,11-14H2,(H,30,31)/b2-1-. The largest absolute Gasteiger partial charge is 0.492 e. The summed E-state index contributed by atoms with van der Waals surface area (Å²) in [6, 6.07) is 8.31. The first kappa shape index (κ1) is 22.3. The molecule has 174 valence electrons. The molecule has 2 aromatic carbocycles. The van der Waals surface area contributed by atoms with Crippen LogP contribution in [0.1, 0.15) is 40.2 Å². The maximum absolute atomic E-state index is 13.9. The van der Waals surface area contributed by atoms with Gasteiger partial charge in [0.25, 0.3) is 0 Å². The second-order valence-electron chi connectivity index (χ2n) is 9.01. The molecule has 0 spiro atoms. The summed E-state index contributed by atoms with van der Waals surface area (Å²) in [5.74, 6) is 0.366. The Hall–Kier alpha value is -2.55. The van der Waals surface area contributed by atoms with Gasteiger partial charge in [-0.1, -0.05) is 18.2 Å². The zero-order valence-electron chi connectivity index (χ0n) is 18.2. The van der Waals surface area contributed by atoms with Crippen LogP contribution in [0.15, 0.2) is 41.3 Å². The molecule has 5 rings (SSSR count). The summed E-state index contributed by atoms with van der Waals surface area (Å²) in [5.41, 5.74) is 2.32. The molecule has 3 N–H and O–H groups in total. The molecule has 2 fully saturated rings. The number of halogens is 1. The van der Waals surface area contributed by atoms with E-state index in [1.165, 1.54) is 24.1 Å². The van der Waals surface area contributed by atoms with Gasteiger partial charge in [-0.05, 0) is 78.6 Å². The van der Waals surface area contributed by atoms with Crippen molar-refractivity contribution in [2.75, 3.05) is 37.6 Å². The van der Waals surface area contributed by atoms with E-state index in [-0.39, 0.29) is 18.0 Å². The van der Waals surface area contributed by atoms with Gasteiger partial charge < -0.3 is 19.7 Å². The summed E-state index contributed by atoms with van der Waals surface area (Å²) >= 11 is 1.26. The number of carboxylic acids is 1. The summed E-state index contributed by atoms with van der Waals surface area (Å²) in [6.07, 6.45) is 5.94. The highest BCUT2D eigenvalue weighted by Gasteiger charge is 2.45. The van der Waals surface area contributed by atoms with Crippen molar-refractivity contribution in [3.63, 3.8) is 0 Å². The topological polar surface area (TPSA) is 82.0 Å². The number of rotatable bonds is 8. The van der Waals surface area contributed by atoms with E-state index in [9.17, 15) is 19.4 Å². The van der Waals surface area contributed by atoms with Crippen molar-refractivity contribution in [2.45, 2.75) is 23.7 Å². The van der Waals surface area contributed by atoms with Gasteiger partial charge in [-0.15, -0.1) is 0 Å². The molecule has 2 aliphatic heterocycles. The van der Waals surface area contributed by atoms with Crippen molar-refractivity contribution >= 4 is 29.7 Å². The maximum atomic E-state index is 13.9. The monoisotopic (exact) mass is 470 g/mol. The fourth-order valence-electron chi connectivity index (χ4n) is 4.76. The number of fused-ring (bicyclic) bond motifs is 3. The predicted molar refractivity (Wildman–Crippen MR) is 126 cm³/mol. The highest BCUT2D eigenvalue weighted by molar-refractivity contribution is 8.00. The number of aliphatic hydroxyl groups excluding tert-OH is 1. The first-order chi connectivity index (χ1) is 16.0. The number of anilines is 1. The lowest BCUT2D eigenvalue weighted by atomic mass is 10.0. The third-order valence-electron chi connectivity index (χ3n) is 6.70. The Bertz CT molecular complexity index is 1090. The van der Waals surface area contributed by atoms with Crippen LogP contribution in [-0.4, -0.2) is 53.9 Å². The number of likely N-dealkylation sites (tertiary alicyclic amines) is 1. The lowest BCUT2D eigenvalue weighted by Gasteiger charge is -2.21. The van der Waals surface area contributed by atoms with Crippen LogP contribution in [0.4, 0.5) is 10.1 Å². The van der Waals surface area contributed by atoms with Gasteiger partial charge >= 0.3 is 5.97 Å². The van der Waals surface area contributed by atoms with Crippen molar-refractivity contribution < 1.29 is 24.1 Å². The van der Waals surface area contributed by atoms with E-state index < -0.39 is 5.97 Å². The third-order valence-corrected chi connectivity index (χ3v) is 7.61. The number of aromatic carboxylic acids is 1. The van der Waals surface area contributed by atoms with Crippen LogP contribution in [-0.2, 0) is 0 Å². The zero-order chi connectivity index (χ0) is 22.9. The quantitative estimate of drug-likeness (QED) is 0.491. The number of ether oxygens (including phenoxy) is 1. The van der Waals surface area contributed by atoms with E-state index in [1.54, 1.807) is 12.1 Å². The van der Waals surface area contributed by atoms with Gasteiger partial charge in [0.1, 0.15) is 17.1 Å². The summed E-state index contributed by atoms with van der Waals surface area (Å²) in [5, 5.41) is 19.2. The number of aliphatic hydroxyl groups is 1. The lowest BCUT2D eigenvalue weighted by Crippen LogP contribution is -2.21. The SMILES string of the molecule is O=C(O)c1c(NSc2ccc(F)cc2/C=C\CN2CCC(CO)C2)ccc2c1OCC1CC21. The van der Waals surface area contributed by atoms with Crippen molar-refractivity contribution in [3.8, 4) is 5.75 Å². The van der Waals surface area contributed by atoms with E-state index in [4.69, 9.17) is 4.74 Å². The van der Waals surface area contributed by atoms with Crippen LogP contribution < -0.4 is 9.46 Å². The van der Waals surface area contributed by atoms with Gasteiger partial charge in [0.2, 0.25) is 0 Å². The van der Waals surface area contributed by atoms with E-state index in [2.05, 4.69) is 9.62 Å². The molecule has 1 saturated carbocycles. The highest BCUT2D eigenvalue weighted by Crippen LogP contribution is 2.55. The van der Waals surface area contributed by atoms with Crippen LogP contribution in [0.2, 0.25) is 0 Å². The Morgan fingerprint density at radius 1 is 1.33 bits per heavy atom. The van der Waals surface area contributed by atoms with Crippen LogP contribution in [0.25, 0.3) is 6.08 Å². The number of hydrogen-bond acceptors (Lipinski definition) is 6. The van der Waals surface area contributed by atoms with Crippen LogP contribution in [0.5, 0.6) is 5.75 Å². The Kier molecular flexibility index (Phi) is 6.32. The molecule has 1 saturated heterocycles. The highest BCUT2D eigenvalue weighted by atomic mass is 32.2. The first-order valence-electron chi connectivity index (χ1n) is 11.3. The summed E-state index contributed by atoms with van der Waals surface area (Å²) in [6.45, 7) is 3.33. The van der Waals surface area contributed by atoms with Gasteiger partial charge in [0, 0.05) is 30.5 Å². The Morgan fingerprint density at radius 2 is 2.21 bits per heavy atom. The first-order valence-corrected chi connectivity index (χ1v) is 12.1. The molecular weight excluding hydrogens is 443 g/mol. The number of carbonyl (C=O) groups is 1. The van der Waals surface area contributed by atoms with Crippen LogP contribution >= 0.6 is 11.9 Å². The molecule has 8 heteroatoms. The smallest absolute Gasteiger partial charge is 0.341 e. The molecule has 6 nitrogen and oxygen atoms in total. The predicted octanol–water partition coefficient (Wildman–Crippen LogP) is 4.47. The second kappa shape index (κ2) is 9.37. The fourth-order valence-corrected chi connectivity index (χ4v) is 5.53. The van der Waals surface area contributed by atoms with Crippen molar-refractivity contribution in [1.29, 1.82) is 0 Å². The van der Waals surface area contributed by atoms with Crippen LogP contribution in [0, 0.1) is 17.7 Å². The molecular formula is C25H27FN2O4S. The number of benzene rings is 2. The molecule has 33 heavy (non-hydrogen) atoms. The molecule has 1 aliphatic carbocycles. The molecule has 3 unspecified atom stereocenters. The normalized spacial score (nSPS) is 23.8. The van der Waals surface area contributed by atoms with E-state index in [0.29, 0.717) is 35.8 Å². The van der Waals surface area contributed by atoms with E-state index >= 15 is 0 Å². The average Bonchev–Trinajstić information content (AvgIpc) is 3.47. The van der Waals surface area contributed by atoms with Gasteiger partial charge in [-0.2, -0.15) is 0 Å². The molecule has 2 aromatic rings. The molecule has 0 radical (unpaired) electrons. The minimum absolute atomic E-state index is 0.150. The van der Waals surface area contributed by atoms with Crippen molar-refractivity contribution in [1.82, 2.24) is 4.90 Å². The van der Waals surface area contributed by atoms with Gasteiger partial charge in [-0.25, -0.2) is 9.18 Å². The summed E-state index contributed by atoms with van der Waals surface area (Å²) in [4.78, 5) is 15.1. The molecule has 0 amide bonds. The number of nitrogens with zero attached hydrogens (tertiary/aromatic N) is 1. The lowest BCUT2D eigenvalue weighted by molar-refractivity contribution is 0.0692. The Balaban J connectivity index is 1.31. The zero-order valence-corrected chi connectivity index (χ0v) is 19.0. The number of nitrogens with one attached hydrogen (secondary N) is 1. The van der Waals surface area contributed by atoms with Gasteiger partial charge in [0.05, 0.1) is 12.3 Å². The second-order valence-corrected chi connectivity index (χ2v) is 9.86. The fraction of sp³-hybridized carbons (Fsp3) is 0.400. The number of carboxylic acid groups (broad SMARTS) is 1. The summed E-state index contributed by atoms with van der Waals surface area (Å²) < 4.78 is 22.9. The van der Waals surface area contributed by atoms with Crippen molar-refractivity contribution in [3.05, 3.63) is 58.9 Å². The van der Waals surface area contributed by atoms with Gasteiger partial charge in [0.15, 0.2) is 0 Å². The molecule has 0 aromatic heterocycles. The van der Waals surface area contributed by atoms with Crippen molar-refractivity contribution in [2.24, 2.45) is 11.8 Å². The average molecular weight is 471 g/mol. The van der Waals surface area contributed by atoms with Crippen LogP contribution in [0.3, 0.4) is 0 Å². The maximum Gasteiger partial charge on any atom is 0.341 e. The van der Waals surface area contributed by atoms with E-state index in [0.717, 1.165) is 48.5 Å². The Labute approximate surface area is 196 Å². The molecule has 3 atom stereocenters. The summed E-state index contributed by atoms with van der Waals surface area (Å²) in [7, 11) is 0. The number of hydrogen-bond donors (Lipinski definition) is 3. The van der Waals surface area contributed by atoms with Gasteiger partial charge in [-0.3, -0.25) is 4.90 Å².